The van der Waals surface area contributed by atoms with E-state index in [0.29, 0.717) is 27.8 Å². The first-order valence-corrected chi connectivity index (χ1v) is 8.40. The second kappa shape index (κ2) is 3.34. The molecule has 5 aliphatic rings. The molecule has 5 atom stereocenters. The van der Waals surface area contributed by atoms with Gasteiger partial charge in [-0.3, -0.25) is 0 Å². The highest BCUT2D eigenvalue weighted by Gasteiger charge is 2.97. The van der Waals surface area contributed by atoms with Gasteiger partial charge in [-0.15, -0.1) is 0 Å². The van der Waals surface area contributed by atoms with Gasteiger partial charge < -0.3 is 9.84 Å². The van der Waals surface area contributed by atoms with Crippen molar-refractivity contribution in [1.29, 1.82) is 0 Å². The number of aromatic hydroxyl groups is 1. The van der Waals surface area contributed by atoms with Crippen molar-refractivity contribution in [3.8, 4) is 5.75 Å². The molecule has 5 unspecified atom stereocenters. The van der Waals surface area contributed by atoms with Crippen LogP contribution in [0.3, 0.4) is 0 Å². The van der Waals surface area contributed by atoms with E-state index in [1.165, 1.54) is 19.3 Å². The van der Waals surface area contributed by atoms with Crippen molar-refractivity contribution in [2.24, 2.45) is 29.1 Å². The zero-order valence-electron chi connectivity index (χ0n) is 12.2. The molecule has 22 heavy (non-hydrogen) atoms. The highest BCUT2D eigenvalue weighted by molar-refractivity contribution is 6.32. The Morgan fingerprint density at radius 3 is 2.45 bits per heavy atom. The lowest BCUT2D eigenvalue weighted by atomic mass is 9.13. The Hall–Kier alpha value is -0.810. The van der Waals surface area contributed by atoms with Crippen molar-refractivity contribution in [2.75, 3.05) is 7.11 Å². The van der Waals surface area contributed by atoms with Crippen molar-refractivity contribution in [3.05, 3.63) is 28.8 Å². The number of halogens is 1. The van der Waals surface area contributed by atoms with E-state index < -0.39 is 11.4 Å². The molecule has 4 nitrogen and oxygen atoms in total. The standard InChI is InChI=1S/C17H17ClO4/c1-20-17(10-3-2-4-11(19)14(10)18)16(21-22-17)12-6-8-5-9-7-13(16)15(8,9)12/h2-4,8-9,12-13,19H,5-7H2,1H3. The van der Waals surface area contributed by atoms with Gasteiger partial charge in [-0.05, 0) is 42.6 Å². The minimum absolute atomic E-state index is 0.0527. The van der Waals surface area contributed by atoms with E-state index in [0.717, 1.165) is 11.8 Å². The summed E-state index contributed by atoms with van der Waals surface area (Å²) in [5.74, 6) is 1.88. The first kappa shape index (κ1) is 12.6. The van der Waals surface area contributed by atoms with Crippen LogP contribution in [0.5, 0.6) is 5.75 Å². The number of fused-ring (bicyclic) bond motifs is 2. The summed E-state index contributed by atoms with van der Waals surface area (Å²) in [5, 5.41) is 10.3. The average Bonchev–Trinajstić information content (AvgIpc) is 2.40. The number of methoxy groups -OCH3 is 1. The molecule has 5 heteroatoms. The lowest BCUT2D eigenvalue weighted by molar-refractivity contribution is -0.701. The van der Waals surface area contributed by atoms with Gasteiger partial charge in [0.25, 0.3) is 5.79 Å². The van der Waals surface area contributed by atoms with Gasteiger partial charge in [0.1, 0.15) is 5.75 Å². The number of hydrogen-bond acceptors (Lipinski definition) is 4. The molecular formula is C17H17ClO4. The summed E-state index contributed by atoms with van der Waals surface area (Å²) in [4.78, 5) is 11.4. The molecule has 0 radical (unpaired) electrons. The number of phenolic OH excluding ortho intramolecular Hbond substituents is 1. The first-order valence-electron chi connectivity index (χ1n) is 8.03. The van der Waals surface area contributed by atoms with Gasteiger partial charge >= 0.3 is 0 Å². The second-order valence-corrected chi connectivity index (χ2v) is 8.00. The van der Waals surface area contributed by atoms with Gasteiger partial charge in [-0.2, -0.15) is 4.89 Å². The lowest BCUT2D eigenvalue weighted by Crippen LogP contribution is -2.97. The van der Waals surface area contributed by atoms with Gasteiger partial charge in [0, 0.05) is 24.5 Å². The third-order valence-corrected chi connectivity index (χ3v) is 8.10. The predicted molar refractivity (Wildman–Crippen MR) is 76.9 cm³/mol. The monoisotopic (exact) mass is 320 g/mol. The first-order chi connectivity index (χ1) is 10.6. The van der Waals surface area contributed by atoms with Crippen molar-refractivity contribution in [2.45, 2.75) is 30.7 Å². The van der Waals surface area contributed by atoms with E-state index in [4.69, 9.17) is 26.1 Å². The van der Waals surface area contributed by atoms with E-state index in [9.17, 15) is 5.11 Å². The van der Waals surface area contributed by atoms with Crippen molar-refractivity contribution < 1.29 is 19.6 Å². The zero-order chi connectivity index (χ0) is 14.9. The average molecular weight is 321 g/mol. The van der Waals surface area contributed by atoms with Crippen molar-refractivity contribution >= 4 is 11.6 Å². The largest absolute Gasteiger partial charge is 0.506 e. The summed E-state index contributed by atoms with van der Waals surface area (Å²) in [6.45, 7) is 0. The molecule has 1 aliphatic heterocycles. The SMILES string of the molecule is COC1(c2cccc(O)c2Cl)OOC12C1CC3CC4CC2C341. The smallest absolute Gasteiger partial charge is 0.262 e. The van der Waals surface area contributed by atoms with E-state index in [1.54, 1.807) is 19.2 Å². The molecule has 1 N–H and O–H groups in total. The number of ether oxygens (including phenoxy) is 1. The van der Waals surface area contributed by atoms with Crippen LogP contribution in [0, 0.1) is 29.1 Å². The summed E-state index contributed by atoms with van der Waals surface area (Å²) < 4.78 is 5.86. The number of phenols is 1. The van der Waals surface area contributed by atoms with Crippen molar-refractivity contribution in [3.63, 3.8) is 0 Å². The van der Waals surface area contributed by atoms with Crippen LogP contribution in [-0.4, -0.2) is 17.8 Å². The van der Waals surface area contributed by atoms with E-state index in [1.807, 2.05) is 6.07 Å². The Labute approximate surface area is 133 Å². The maximum Gasteiger partial charge on any atom is 0.262 e. The van der Waals surface area contributed by atoms with Crippen LogP contribution in [0.2, 0.25) is 5.02 Å². The molecule has 4 aliphatic carbocycles. The van der Waals surface area contributed by atoms with Gasteiger partial charge in [-0.1, -0.05) is 23.7 Å². The summed E-state index contributed by atoms with van der Waals surface area (Å²) >= 11 is 6.35. The summed E-state index contributed by atoms with van der Waals surface area (Å²) in [7, 11) is 1.64. The van der Waals surface area contributed by atoms with Gasteiger partial charge in [0.05, 0.1) is 5.02 Å². The van der Waals surface area contributed by atoms with Crippen molar-refractivity contribution in [1.82, 2.24) is 0 Å². The highest BCUT2D eigenvalue weighted by Crippen LogP contribution is 2.94. The molecule has 1 aromatic rings. The van der Waals surface area contributed by atoms with Crippen LogP contribution in [0.15, 0.2) is 18.2 Å². The molecule has 1 saturated heterocycles. The topological polar surface area (TPSA) is 47.9 Å². The fourth-order valence-corrected chi connectivity index (χ4v) is 7.17. The molecule has 2 spiro atoms. The Kier molecular flexibility index (Phi) is 1.91. The Balaban J connectivity index is 1.50. The Bertz CT molecular complexity index is 693. The van der Waals surface area contributed by atoms with E-state index in [-0.39, 0.29) is 5.75 Å². The third-order valence-electron chi connectivity index (χ3n) is 7.70. The summed E-state index contributed by atoms with van der Waals surface area (Å²) in [6, 6.07) is 5.22. The summed E-state index contributed by atoms with van der Waals surface area (Å²) in [5.41, 5.74) is 0.799. The van der Waals surface area contributed by atoms with E-state index >= 15 is 0 Å². The highest BCUT2D eigenvalue weighted by atomic mass is 35.5. The Morgan fingerprint density at radius 2 is 1.91 bits per heavy atom. The molecule has 0 amide bonds. The van der Waals surface area contributed by atoms with Gasteiger partial charge in [0.15, 0.2) is 5.60 Å². The number of benzene rings is 1. The zero-order valence-corrected chi connectivity index (χ0v) is 13.0. The number of hydrogen-bond donors (Lipinski definition) is 1. The maximum atomic E-state index is 9.97. The molecule has 6 rings (SSSR count). The maximum absolute atomic E-state index is 9.97. The molecule has 0 aromatic heterocycles. The minimum atomic E-state index is -0.977. The molecule has 5 fully saturated rings. The van der Waals surface area contributed by atoms with Crippen LogP contribution in [0.25, 0.3) is 0 Å². The Morgan fingerprint density at radius 1 is 1.18 bits per heavy atom. The lowest BCUT2D eigenvalue weighted by Gasteiger charge is -2.93. The number of rotatable bonds is 2. The minimum Gasteiger partial charge on any atom is -0.506 e. The molecular weight excluding hydrogens is 304 g/mol. The van der Waals surface area contributed by atoms with Gasteiger partial charge in [0.2, 0.25) is 0 Å². The predicted octanol–water partition coefficient (Wildman–Crippen LogP) is 3.22. The van der Waals surface area contributed by atoms with Crippen LogP contribution in [0.1, 0.15) is 24.8 Å². The molecule has 1 aromatic carbocycles. The molecule has 0 bridgehead atoms. The van der Waals surface area contributed by atoms with Crippen LogP contribution < -0.4 is 0 Å². The third kappa shape index (κ3) is 0.855. The fraction of sp³-hybridized carbons (Fsp3) is 0.647. The quantitative estimate of drug-likeness (QED) is 0.850. The molecule has 116 valence electrons. The normalized spacial score (nSPS) is 55.7. The van der Waals surface area contributed by atoms with Gasteiger partial charge in [-0.25, -0.2) is 4.89 Å². The van der Waals surface area contributed by atoms with E-state index in [2.05, 4.69) is 0 Å². The molecule has 4 saturated carbocycles. The van der Waals surface area contributed by atoms with Crippen LogP contribution in [-0.2, 0) is 20.3 Å². The molecule has 1 heterocycles. The second-order valence-electron chi connectivity index (χ2n) is 7.63. The fourth-order valence-electron chi connectivity index (χ4n) is 6.92. The summed E-state index contributed by atoms with van der Waals surface area (Å²) in [6.07, 6.45) is 3.81. The van der Waals surface area contributed by atoms with Crippen LogP contribution >= 0.6 is 11.6 Å². The van der Waals surface area contributed by atoms with Crippen LogP contribution in [0.4, 0.5) is 0 Å².